The van der Waals surface area contributed by atoms with Crippen molar-refractivity contribution in [2.75, 3.05) is 24.3 Å². The van der Waals surface area contributed by atoms with Crippen molar-refractivity contribution < 1.29 is 9.59 Å². The molecule has 0 aliphatic carbocycles. The monoisotopic (exact) mass is 264 g/mol. The van der Waals surface area contributed by atoms with E-state index in [2.05, 4.69) is 0 Å². The molecule has 1 aromatic rings. The molecule has 4 nitrogen and oxygen atoms in total. The van der Waals surface area contributed by atoms with Crippen LogP contribution in [0, 0.1) is 5.92 Å². The smallest absolute Gasteiger partial charge is 0.263 e. The lowest BCUT2D eigenvalue weighted by atomic mass is 10.1. The molecule has 2 rings (SSSR count). The zero-order valence-corrected chi connectivity index (χ0v) is 11.3. The average Bonchev–Trinajstić information content (AvgIpc) is 2.56. The number of amides is 2. The summed E-state index contributed by atoms with van der Waals surface area (Å²) in [6.45, 7) is 2.48. The van der Waals surface area contributed by atoms with Crippen LogP contribution < -0.4 is 5.73 Å². The third kappa shape index (κ3) is 2.10. The van der Waals surface area contributed by atoms with E-state index >= 15 is 0 Å². The molecule has 0 aromatic heterocycles. The Bertz CT molecular complexity index is 502. The summed E-state index contributed by atoms with van der Waals surface area (Å²) < 4.78 is 0. The fraction of sp³-hybridized carbons (Fsp3) is 0.385. The van der Waals surface area contributed by atoms with Gasteiger partial charge in [-0.2, -0.15) is 11.8 Å². The van der Waals surface area contributed by atoms with Crippen LogP contribution in [0.5, 0.6) is 0 Å². The first kappa shape index (κ1) is 13.0. The molecule has 0 radical (unpaired) electrons. The molecule has 1 atom stereocenters. The van der Waals surface area contributed by atoms with Gasteiger partial charge in [-0.05, 0) is 30.1 Å². The fourth-order valence-electron chi connectivity index (χ4n) is 2.17. The Balaban J connectivity index is 2.26. The van der Waals surface area contributed by atoms with Crippen LogP contribution in [-0.2, 0) is 0 Å². The van der Waals surface area contributed by atoms with Gasteiger partial charge in [0.1, 0.15) is 0 Å². The van der Waals surface area contributed by atoms with Crippen LogP contribution >= 0.6 is 11.8 Å². The molecule has 0 fully saturated rings. The predicted molar refractivity (Wildman–Crippen MR) is 73.8 cm³/mol. The van der Waals surface area contributed by atoms with Gasteiger partial charge in [-0.25, -0.2) is 0 Å². The van der Waals surface area contributed by atoms with Gasteiger partial charge in [0.25, 0.3) is 11.8 Å². The lowest BCUT2D eigenvalue weighted by Crippen LogP contribution is -2.34. The first-order valence-electron chi connectivity index (χ1n) is 5.80. The summed E-state index contributed by atoms with van der Waals surface area (Å²) in [5.74, 6) is 0.711. The number of carbonyl (C=O) groups excluding carboxylic acids is 2. The molecule has 1 unspecified atom stereocenters. The van der Waals surface area contributed by atoms with Crippen molar-refractivity contribution in [1.29, 1.82) is 0 Å². The first-order chi connectivity index (χ1) is 8.56. The van der Waals surface area contributed by atoms with E-state index in [1.165, 1.54) is 4.90 Å². The molecule has 1 aliphatic rings. The van der Waals surface area contributed by atoms with Gasteiger partial charge in [0.15, 0.2) is 0 Å². The van der Waals surface area contributed by atoms with Gasteiger partial charge >= 0.3 is 0 Å². The summed E-state index contributed by atoms with van der Waals surface area (Å²) in [5.41, 5.74) is 6.94. The Hall–Kier alpha value is -1.49. The highest BCUT2D eigenvalue weighted by atomic mass is 32.2. The number of fused-ring (bicyclic) bond motifs is 1. The molecule has 5 heteroatoms. The molecule has 0 saturated heterocycles. The molecular formula is C13H16N2O2S. The van der Waals surface area contributed by atoms with E-state index in [1.54, 1.807) is 30.0 Å². The van der Waals surface area contributed by atoms with Crippen LogP contribution in [0.1, 0.15) is 27.6 Å². The number of hydrogen-bond donors (Lipinski definition) is 1. The van der Waals surface area contributed by atoms with Crippen molar-refractivity contribution in [3.63, 3.8) is 0 Å². The predicted octanol–water partition coefficient (Wildman–Crippen LogP) is 1.86. The summed E-state index contributed by atoms with van der Waals surface area (Å²) in [7, 11) is 0. The molecular weight excluding hydrogens is 248 g/mol. The highest BCUT2D eigenvalue weighted by molar-refractivity contribution is 7.98. The van der Waals surface area contributed by atoms with Crippen LogP contribution in [-0.4, -0.2) is 35.3 Å². The van der Waals surface area contributed by atoms with Crippen molar-refractivity contribution in [3.8, 4) is 0 Å². The van der Waals surface area contributed by atoms with Gasteiger partial charge in [-0.3, -0.25) is 14.5 Å². The number of carbonyl (C=O) groups is 2. The third-order valence-electron chi connectivity index (χ3n) is 2.98. The molecule has 1 aliphatic heterocycles. The molecule has 2 amide bonds. The van der Waals surface area contributed by atoms with Gasteiger partial charge < -0.3 is 5.73 Å². The molecule has 0 spiro atoms. The molecule has 2 N–H and O–H groups in total. The molecule has 1 heterocycles. The maximum absolute atomic E-state index is 12.2. The van der Waals surface area contributed by atoms with Crippen LogP contribution in [0.2, 0.25) is 0 Å². The number of nitrogens with zero attached hydrogens (tertiary/aromatic N) is 1. The Morgan fingerprint density at radius 2 is 2.06 bits per heavy atom. The second kappa shape index (κ2) is 5.02. The topological polar surface area (TPSA) is 63.4 Å². The minimum atomic E-state index is -0.263. The Morgan fingerprint density at radius 3 is 2.67 bits per heavy atom. The number of thioether (sulfide) groups is 1. The first-order valence-corrected chi connectivity index (χ1v) is 7.19. The maximum atomic E-state index is 12.2. The van der Waals surface area contributed by atoms with Crippen molar-refractivity contribution in [1.82, 2.24) is 4.90 Å². The number of benzene rings is 1. The van der Waals surface area contributed by atoms with E-state index in [4.69, 9.17) is 5.73 Å². The van der Waals surface area contributed by atoms with Crippen molar-refractivity contribution in [2.24, 2.45) is 5.92 Å². The largest absolute Gasteiger partial charge is 0.398 e. The summed E-state index contributed by atoms with van der Waals surface area (Å²) in [5, 5.41) is 0. The van der Waals surface area contributed by atoms with Crippen LogP contribution in [0.3, 0.4) is 0 Å². The molecule has 1 aromatic carbocycles. The molecule has 0 bridgehead atoms. The number of hydrogen-bond acceptors (Lipinski definition) is 4. The summed E-state index contributed by atoms with van der Waals surface area (Å²) in [6.07, 6.45) is 2.01. The van der Waals surface area contributed by atoms with Gasteiger partial charge in [0.2, 0.25) is 0 Å². The van der Waals surface area contributed by atoms with E-state index in [0.717, 1.165) is 5.75 Å². The maximum Gasteiger partial charge on any atom is 0.263 e. The van der Waals surface area contributed by atoms with Gasteiger partial charge in [0, 0.05) is 12.2 Å². The van der Waals surface area contributed by atoms with Gasteiger partial charge in [-0.15, -0.1) is 0 Å². The number of nitrogens with two attached hydrogens (primary N) is 1. The quantitative estimate of drug-likeness (QED) is 0.666. The molecule has 0 saturated carbocycles. The lowest BCUT2D eigenvalue weighted by Gasteiger charge is -2.18. The Kier molecular flexibility index (Phi) is 3.61. The average molecular weight is 264 g/mol. The van der Waals surface area contributed by atoms with Crippen LogP contribution in [0.15, 0.2) is 18.2 Å². The number of imide groups is 1. The number of nitrogen functional groups attached to an aromatic ring is 1. The number of anilines is 1. The summed E-state index contributed by atoms with van der Waals surface area (Å²) in [6, 6.07) is 5.01. The van der Waals surface area contributed by atoms with Crippen LogP contribution in [0.25, 0.3) is 0 Å². The Labute approximate surface area is 111 Å². The zero-order valence-electron chi connectivity index (χ0n) is 10.5. The van der Waals surface area contributed by atoms with Crippen molar-refractivity contribution >= 4 is 29.3 Å². The molecule has 18 heavy (non-hydrogen) atoms. The van der Waals surface area contributed by atoms with E-state index in [0.29, 0.717) is 23.4 Å². The van der Waals surface area contributed by atoms with Crippen molar-refractivity contribution in [3.05, 3.63) is 29.3 Å². The minimum absolute atomic E-state index is 0.227. The SMILES string of the molecule is CSCC(C)CN1C(=O)c2cccc(N)c2C1=O. The lowest BCUT2D eigenvalue weighted by molar-refractivity contribution is 0.0637. The zero-order chi connectivity index (χ0) is 13.3. The molecule has 96 valence electrons. The summed E-state index contributed by atoms with van der Waals surface area (Å²) >= 11 is 1.71. The normalized spacial score (nSPS) is 16.0. The van der Waals surface area contributed by atoms with E-state index in [9.17, 15) is 9.59 Å². The Morgan fingerprint density at radius 1 is 1.33 bits per heavy atom. The minimum Gasteiger partial charge on any atom is -0.398 e. The highest BCUT2D eigenvalue weighted by Gasteiger charge is 2.37. The van der Waals surface area contributed by atoms with Gasteiger partial charge in [0.05, 0.1) is 11.1 Å². The van der Waals surface area contributed by atoms with Crippen molar-refractivity contribution in [2.45, 2.75) is 6.92 Å². The van der Waals surface area contributed by atoms with E-state index in [-0.39, 0.29) is 17.7 Å². The highest BCUT2D eigenvalue weighted by Crippen LogP contribution is 2.28. The number of rotatable bonds is 4. The third-order valence-corrected chi connectivity index (χ3v) is 3.88. The van der Waals surface area contributed by atoms with E-state index in [1.807, 2.05) is 13.2 Å². The standard InChI is InChI=1S/C13H16N2O2S/c1-8(7-18-2)6-15-12(16)9-4-3-5-10(14)11(9)13(15)17/h3-5,8H,6-7,14H2,1-2H3. The van der Waals surface area contributed by atoms with E-state index < -0.39 is 0 Å². The fourth-order valence-corrected chi connectivity index (χ4v) is 2.85. The second-order valence-electron chi connectivity index (χ2n) is 4.55. The summed E-state index contributed by atoms with van der Waals surface area (Å²) in [4.78, 5) is 25.6. The van der Waals surface area contributed by atoms with Gasteiger partial charge in [-0.1, -0.05) is 13.0 Å². The second-order valence-corrected chi connectivity index (χ2v) is 5.46. The van der Waals surface area contributed by atoms with Crippen LogP contribution in [0.4, 0.5) is 5.69 Å².